The molecular weight excluding hydrogens is 251 g/mol. The summed E-state index contributed by atoms with van der Waals surface area (Å²) >= 11 is 0. The van der Waals surface area contributed by atoms with Gasteiger partial charge in [-0.25, -0.2) is 4.39 Å². The van der Waals surface area contributed by atoms with Crippen LogP contribution in [0.1, 0.15) is 55.7 Å². The largest absolute Gasteiger partial charge is 0.299 e. The molecule has 0 radical (unpaired) electrons. The summed E-state index contributed by atoms with van der Waals surface area (Å²) in [4.78, 5) is 6.90. The Morgan fingerprint density at radius 3 is 2.80 bits per heavy atom. The molecule has 1 atom stereocenters. The summed E-state index contributed by atoms with van der Waals surface area (Å²) in [7, 11) is 0. The second kappa shape index (κ2) is 6.49. The van der Waals surface area contributed by atoms with Gasteiger partial charge in [0.2, 0.25) is 0 Å². The first-order valence-electron chi connectivity index (χ1n) is 7.85. The van der Waals surface area contributed by atoms with Crippen LogP contribution in [0.3, 0.4) is 0 Å². The van der Waals surface area contributed by atoms with Gasteiger partial charge in [-0.1, -0.05) is 18.6 Å². The maximum Gasteiger partial charge on any atom is 0.128 e. The molecule has 1 saturated heterocycles. The van der Waals surface area contributed by atoms with Crippen molar-refractivity contribution in [3.63, 3.8) is 0 Å². The van der Waals surface area contributed by atoms with Crippen LogP contribution in [0.2, 0.25) is 0 Å². The molecule has 1 unspecified atom stereocenters. The van der Waals surface area contributed by atoms with E-state index in [0.29, 0.717) is 0 Å². The van der Waals surface area contributed by atoms with Crippen molar-refractivity contribution in [1.82, 2.24) is 4.90 Å². The van der Waals surface area contributed by atoms with E-state index in [2.05, 4.69) is 16.0 Å². The van der Waals surface area contributed by atoms with Gasteiger partial charge in [0.15, 0.2) is 0 Å². The highest BCUT2D eigenvalue weighted by atomic mass is 19.1. The maximum absolute atomic E-state index is 14.3. The summed E-state index contributed by atoms with van der Waals surface area (Å²) < 4.78 is 14.3. The number of hydrogen-bond acceptors (Lipinski definition) is 2. The highest BCUT2D eigenvalue weighted by Crippen LogP contribution is 2.27. The summed E-state index contributed by atoms with van der Waals surface area (Å²) in [5.41, 5.74) is 1.86. The van der Waals surface area contributed by atoms with Crippen LogP contribution < -0.4 is 0 Å². The minimum Gasteiger partial charge on any atom is -0.299 e. The summed E-state index contributed by atoms with van der Waals surface area (Å²) in [5.74, 6) is -0.0613. The van der Waals surface area contributed by atoms with Crippen LogP contribution in [-0.4, -0.2) is 24.2 Å². The number of benzene rings is 1. The SMILES string of the molecule is Fc1cc(C2CCCCC=N2)ccc1CN1CCCC1. The van der Waals surface area contributed by atoms with Gasteiger partial charge in [-0.15, -0.1) is 0 Å². The summed E-state index contributed by atoms with van der Waals surface area (Å²) in [6.45, 7) is 2.96. The second-order valence-electron chi connectivity index (χ2n) is 5.97. The number of hydrogen-bond donors (Lipinski definition) is 0. The van der Waals surface area contributed by atoms with Gasteiger partial charge in [0.05, 0.1) is 6.04 Å². The van der Waals surface area contributed by atoms with Crippen LogP contribution in [0.4, 0.5) is 4.39 Å². The average molecular weight is 274 g/mol. The van der Waals surface area contributed by atoms with Crippen LogP contribution >= 0.6 is 0 Å². The topological polar surface area (TPSA) is 15.6 Å². The van der Waals surface area contributed by atoms with Crippen molar-refractivity contribution < 1.29 is 4.39 Å². The molecule has 0 bridgehead atoms. The van der Waals surface area contributed by atoms with E-state index in [4.69, 9.17) is 0 Å². The monoisotopic (exact) mass is 274 g/mol. The fourth-order valence-corrected chi connectivity index (χ4v) is 3.18. The van der Waals surface area contributed by atoms with Crippen LogP contribution in [-0.2, 0) is 6.54 Å². The number of likely N-dealkylation sites (tertiary alicyclic amines) is 1. The molecule has 20 heavy (non-hydrogen) atoms. The minimum atomic E-state index is -0.0613. The fraction of sp³-hybridized carbons (Fsp3) is 0.588. The first kappa shape index (κ1) is 13.7. The quantitative estimate of drug-likeness (QED) is 0.810. The molecule has 108 valence electrons. The Balaban J connectivity index is 1.72. The van der Waals surface area contributed by atoms with Crippen molar-refractivity contribution in [1.29, 1.82) is 0 Å². The lowest BCUT2D eigenvalue weighted by molar-refractivity contribution is 0.325. The van der Waals surface area contributed by atoms with Crippen molar-refractivity contribution in [2.45, 2.75) is 51.1 Å². The van der Waals surface area contributed by atoms with Gasteiger partial charge < -0.3 is 0 Å². The van der Waals surface area contributed by atoms with Crippen molar-refractivity contribution in [2.75, 3.05) is 13.1 Å². The van der Waals surface area contributed by atoms with Gasteiger partial charge >= 0.3 is 0 Å². The summed E-state index contributed by atoms with van der Waals surface area (Å²) in [6.07, 6.45) is 8.99. The smallest absolute Gasteiger partial charge is 0.128 e. The van der Waals surface area contributed by atoms with Crippen molar-refractivity contribution in [3.8, 4) is 0 Å². The zero-order valence-corrected chi connectivity index (χ0v) is 12.0. The Morgan fingerprint density at radius 2 is 2.00 bits per heavy atom. The van der Waals surface area contributed by atoms with E-state index >= 15 is 0 Å². The second-order valence-corrected chi connectivity index (χ2v) is 5.97. The molecule has 2 aliphatic heterocycles. The lowest BCUT2D eigenvalue weighted by atomic mass is 10.0. The van der Waals surface area contributed by atoms with E-state index < -0.39 is 0 Å². The van der Waals surface area contributed by atoms with Crippen LogP contribution in [0.15, 0.2) is 23.2 Å². The molecule has 0 amide bonds. The molecule has 0 spiro atoms. The third-order valence-electron chi connectivity index (χ3n) is 4.40. The maximum atomic E-state index is 14.3. The molecule has 3 heteroatoms. The Hall–Kier alpha value is -1.22. The average Bonchev–Trinajstić information content (AvgIpc) is 2.81. The van der Waals surface area contributed by atoms with Gasteiger partial charge in [0.25, 0.3) is 0 Å². The van der Waals surface area contributed by atoms with Gasteiger partial charge in [-0.3, -0.25) is 9.89 Å². The Kier molecular flexibility index (Phi) is 4.46. The third kappa shape index (κ3) is 3.26. The molecule has 2 nitrogen and oxygen atoms in total. The van der Waals surface area contributed by atoms with E-state index in [9.17, 15) is 4.39 Å². The first-order chi connectivity index (χ1) is 9.83. The third-order valence-corrected chi connectivity index (χ3v) is 4.40. The molecule has 2 aliphatic rings. The molecule has 1 aromatic carbocycles. The summed E-state index contributed by atoms with van der Waals surface area (Å²) in [6, 6.07) is 5.90. The van der Waals surface area contributed by atoms with E-state index in [1.807, 2.05) is 12.3 Å². The highest BCUT2D eigenvalue weighted by Gasteiger charge is 2.16. The fourth-order valence-electron chi connectivity index (χ4n) is 3.18. The first-order valence-corrected chi connectivity index (χ1v) is 7.85. The number of aliphatic imine (C=N–C) groups is 1. The van der Waals surface area contributed by atoms with Crippen LogP contribution in [0.5, 0.6) is 0 Å². The zero-order valence-electron chi connectivity index (χ0n) is 12.0. The standard InChI is InChI=1S/C17H23FN2/c18-16-12-14(17-6-2-1-3-9-19-17)7-8-15(16)13-20-10-4-5-11-20/h7-9,12,17H,1-6,10-11,13H2. The Bertz CT molecular complexity index is 478. The normalized spacial score (nSPS) is 23.9. The lowest BCUT2D eigenvalue weighted by Gasteiger charge is -2.17. The predicted octanol–water partition coefficient (Wildman–Crippen LogP) is 4.11. The molecule has 3 rings (SSSR count). The Labute approximate surface area is 120 Å². The van der Waals surface area contributed by atoms with Crippen molar-refractivity contribution >= 4 is 6.21 Å². The molecule has 0 aliphatic carbocycles. The molecule has 1 aromatic rings. The van der Waals surface area contributed by atoms with Gasteiger partial charge in [0.1, 0.15) is 5.82 Å². The van der Waals surface area contributed by atoms with Crippen LogP contribution in [0.25, 0.3) is 0 Å². The highest BCUT2D eigenvalue weighted by molar-refractivity contribution is 5.58. The predicted molar refractivity (Wildman–Crippen MR) is 80.6 cm³/mol. The Morgan fingerprint density at radius 1 is 1.15 bits per heavy atom. The van der Waals surface area contributed by atoms with Crippen LogP contribution in [0, 0.1) is 5.82 Å². The number of rotatable bonds is 3. The summed E-state index contributed by atoms with van der Waals surface area (Å²) in [5, 5.41) is 0. The zero-order chi connectivity index (χ0) is 13.8. The van der Waals surface area contributed by atoms with Gasteiger partial charge in [0, 0.05) is 12.1 Å². The van der Waals surface area contributed by atoms with E-state index in [1.165, 1.54) is 25.7 Å². The van der Waals surface area contributed by atoms with Gasteiger partial charge in [-0.2, -0.15) is 0 Å². The minimum absolute atomic E-state index is 0.0613. The lowest BCUT2D eigenvalue weighted by Crippen LogP contribution is -2.19. The van der Waals surface area contributed by atoms with Crippen molar-refractivity contribution in [2.24, 2.45) is 4.99 Å². The van der Waals surface area contributed by atoms with E-state index in [-0.39, 0.29) is 11.9 Å². The molecule has 1 fully saturated rings. The molecule has 2 heterocycles. The van der Waals surface area contributed by atoms with Gasteiger partial charge in [-0.05, 0) is 63.0 Å². The van der Waals surface area contributed by atoms with Crippen molar-refractivity contribution in [3.05, 3.63) is 35.1 Å². The number of nitrogens with zero attached hydrogens (tertiary/aromatic N) is 2. The number of halogens is 1. The van der Waals surface area contributed by atoms with E-state index in [0.717, 1.165) is 43.6 Å². The molecule has 0 N–H and O–H groups in total. The molecule has 0 saturated carbocycles. The molecule has 0 aromatic heterocycles. The van der Waals surface area contributed by atoms with E-state index in [1.54, 1.807) is 6.07 Å². The molecular formula is C17H23FN2.